The lowest BCUT2D eigenvalue weighted by molar-refractivity contribution is 0.0733. The van der Waals surface area contributed by atoms with Crippen molar-refractivity contribution in [1.29, 1.82) is 0 Å². The largest absolute Gasteiger partial charge is 0.452 e. The molecule has 0 atom stereocenters. The van der Waals surface area contributed by atoms with Gasteiger partial charge in [0, 0.05) is 10.6 Å². The standard InChI is InChI=1S/C24H17ClO4/c1-14-5-3-6-16(11-14)12-21-22(26)19-9-10-20(15(2)23(19)28-21)29-24(27)17-7-4-8-18(25)13-17/h3-13H,1-2H3/b21-12-. The van der Waals surface area contributed by atoms with E-state index in [2.05, 4.69) is 0 Å². The van der Waals surface area contributed by atoms with Gasteiger partial charge in [0.2, 0.25) is 5.78 Å². The topological polar surface area (TPSA) is 52.6 Å². The summed E-state index contributed by atoms with van der Waals surface area (Å²) in [4.78, 5) is 25.1. The molecule has 0 aliphatic carbocycles. The lowest BCUT2D eigenvalue weighted by Crippen LogP contribution is -2.09. The van der Waals surface area contributed by atoms with E-state index in [0.29, 0.717) is 33.2 Å². The quantitative estimate of drug-likeness (QED) is 0.315. The predicted molar refractivity (Wildman–Crippen MR) is 112 cm³/mol. The van der Waals surface area contributed by atoms with Crippen molar-refractivity contribution in [2.45, 2.75) is 13.8 Å². The van der Waals surface area contributed by atoms with Gasteiger partial charge in [-0.15, -0.1) is 0 Å². The number of rotatable bonds is 3. The van der Waals surface area contributed by atoms with E-state index in [-0.39, 0.29) is 11.5 Å². The average molecular weight is 405 g/mol. The molecule has 3 aromatic rings. The van der Waals surface area contributed by atoms with Gasteiger partial charge in [0.05, 0.1) is 11.1 Å². The summed E-state index contributed by atoms with van der Waals surface area (Å²) in [6.45, 7) is 3.74. The van der Waals surface area contributed by atoms with E-state index in [1.807, 2.05) is 31.2 Å². The number of allylic oxidation sites excluding steroid dienone is 1. The summed E-state index contributed by atoms with van der Waals surface area (Å²) in [6, 6.07) is 17.5. The van der Waals surface area contributed by atoms with Crippen molar-refractivity contribution in [3.05, 3.63) is 99.3 Å². The van der Waals surface area contributed by atoms with E-state index in [4.69, 9.17) is 21.1 Å². The molecule has 4 nitrogen and oxygen atoms in total. The van der Waals surface area contributed by atoms with Crippen LogP contribution in [0.3, 0.4) is 0 Å². The lowest BCUT2D eigenvalue weighted by Gasteiger charge is -2.10. The van der Waals surface area contributed by atoms with Crippen molar-refractivity contribution >= 4 is 29.4 Å². The fourth-order valence-electron chi connectivity index (χ4n) is 3.16. The van der Waals surface area contributed by atoms with Crippen LogP contribution in [0.25, 0.3) is 6.08 Å². The van der Waals surface area contributed by atoms with E-state index in [9.17, 15) is 9.59 Å². The maximum Gasteiger partial charge on any atom is 0.343 e. The molecule has 0 N–H and O–H groups in total. The van der Waals surface area contributed by atoms with Crippen LogP contribution in [0.2, 0.25) is 5.02 Å². The highest BCUT2D eigenvalue weighted by molar-refractivity contribution is 6.30. The molecule has 0 radical (unpaired) electrons. The van der Waals surface area contributed by atoms with Gasteiger partial charge in [-0.3, -0.25) is 4.79 Å². The summed E-state index contributed by atoms with van der Waals surface area (Å²) in [5.74, 6) is 0.253. The van der Waals surface area contributed by atoms with Gasteiger partial charge in [-0.05, 0) is 55.8 Å². The molecule has 3 aromatic carbocycles. The van der Waals surface area contributed by atoms with Gasteiger partial charge in [-0.1, -0.05) is 47.5 Å². The number of benzene rings is 3. The minimum absolute atomic E-state index is 0.197. The molecule has 0 amide bonds. The van der Waals surface area contributed by atoms with Gasteiger partial charge in [0.15, 0.2) is 5.76 Å². The smallest absolute Gasteiger partial charge is 0.343 e. The molecule has 1 aliphatic rings. The number of halogens is 1. The van der Waals surface area contributed by atoms with Crippen LogP contribution in [0.4, 0.5) is 0 Å². The zero-order valence-electron chi connectivity index (χ0n) is 15.9. The first-order chi connectivity index (χ1) is 13.9. The van der Waals surface area contributed by atoms with Gasteiger partial charge >= 0.3 is 5.97 Å². The van der Waals surface area contributed by atoms with Crippen LogP contribution < -0.4 is 9.47 Å². The highest BCUT2D eigenvalue weighted by Crippen LogP contribution is 2.39. The highest BCUT2D eigenvalue weighted by Gasteiger charge is 2.30. The molecular weight excluding hydrogens is 388 g/mol. The molecule has 29 heavy (non-hydrogen) atoms. The van der Waals surface area contributed by atoms with Crippen molar-refractivity contribution in [3.8, 4) is 11.5 Å². The molecule has 4 rings (SSSR count). The Kier molecular flexibility index (Phi) is 4.95. The van der Waals surface area contributed by atoms with Crippen molar-refractivity contribution in [2.24, 2.45) is 0 Å². The number of hydrogen-bond donors (Lipinski definition) is 0. The van der Waals surface area contributed by atoms with Crippen LogP contribution in [0, 0.1) is 13.8 Å². The number of esters is 1. The molecule has 0 saturated carbocycles. The maximum absolute atomic E-state index is 12.7. The van der Waals surface area contributed by atoms with Crippen LogP contribution in [-0.4, -0.2) is 11.8 Å². The number of ether oxygens (including phenoxy) is 2. The SMILES string of the molecule is Cc1cccc(/C=C2\Oc3c(ccc(OC(=O)c4cccc(Cl)c4)c3C)C2=O)c1. The highest BCUT2D eigenvalue weighted by atomic mass is 35.5. The van der Waals surface area contributed by atoms with Crippen molar-refractivity contribution in [1.82, 2.24) is 0 Å². The molecule has 0 aromatic heterocycles. The fraction of sp³-hybridized carbons (Fsp3) is 0.0833. The van der Waals surface area contributed by atoms with Crippen LogP contribution in [0.5, 0.6) is 11.5 Å². The number of ketones is 1. The molecule has 5 heteroatoms. The minimum atomic E-state index is -0.532. The molecule has 144 valence electrons. The van der Waals surface area contributed by atoms with Gasteiger partial charge in [0.25, 0.3) is 0 Å². The number of fused-ring (bicyclic) bond motifs is 1. The molecular formula is C24H17ClO4. The first-order valence-corrected chi connectivity index (χ1v) is 9.42. The van der Waals surface area contributed by atoms with Gasteiger partial charge < -0.3 is 9.47 Å². The first-order valence-electron chi connectivity index (χ1n) is 9.04. The third-order valence-corrected chi connectivity index (χ3v) is 4.87. The lowest BCUT2D eigenvalue weighted by atomic mass is 10.1. The zero-order valence-corrected chi connectivity index (χ0v) is 16.6. The maximum atomic E-state index is 12.7. The Labute approximate surface area is 173 Å². The van der Waals surface area contributed by atoms with Crippen LogP contribution >= 0.6 is 11.6 Å². The summed E-state index contributed by atoms with van der Waals surface area (Å²) >= 11 is 5.94. The second kappa shape index (κ2) is 7.57. The van der Waals surface area contributed by atoms with Crippen LogP contribution in [0.1, 0.15) is 37.4 Å². The van der Waals surface area contributed by atoms with E-state index in [1.165, 1.54) is 6.07 Å². The van der Waals surface area contributed by atoms with Gasteiger partial charge in [0.1, 0.15) is 11.5 Å². The summed E-state index contributed by atoms with van der Waals surface area (Å²) < 4.78 is 11.3. The Morgan fingerprint density at radius 1 is 1.03 bits per heavy atom. The minimum Gasteiger partial charge on any atom is -0.452 e. The summed E-state index contributed by atoms with van der Waals surface area (Å²) in [7, 11) is 0. The average Bonchev–Trinajstić information content (AvgIpc) is 3.00. The van der Waals surface area contributed by atoms with E-state index in [0.717, 1.165) is 11.1 Å². The third kappa shape index (κ3) is 3.80. The second-order valence-corrected chi connectivity index (χ2v) is 7.26. The Balaban J connectivity index is 1.62. The Hall–Kier alpha value is -3.37. The van der Waals surface area contributed by atoms with Crippen molar-refractivity contribution in [3.63, 3.8) is 0 Å². The molecule has 1 aliphatic heterocycles. The number of aryl methyl sites for hydroxylation is 1. The Morgan fingerprint density at radius 2 is 1.83 bits per heavy atom. The first kappa shape index (κ1) is 19.0. The van der Waals surface area contributed by atoms with Gasteiger partial charge in [-0.2, -0.15) is 0 Å². The molecule has 0 saturated heterocycles. The van der Waals surface area contributed by atoms with Crippen molar-refractivity contribution < 1.29 is 19.1 Å². The Morgan fingerprint density at radius 3 is 2.59 bits per heavy atom. The number of carbonyl (C=O) groups is 2. The summed E-state index contributed by atoms with van der Waals surface area (Å²) in [5, 5.41) is 0.449. The predicted octanol–water partition coefficient (Wildman–Crippen LogP) is 5.79. The number of hydrogen-bond acceptors (Lipinski definition) is 4. The zero-order chi connectivity index (χ0) is 20.5. The van der Waals surface area contributed by atoms with Crippen molar-refractivity contribution in [2.75, 3.05) is 0 Å². The van der Waals surface area contributed by atoms with Crippen LogP contribution in [-0.2, 0) is 0 Å². The molecule has 0 bridgehead atoms. The van der Waals surface area contributed by atoms with E-state index < -0.39 is 5.97 Å². The van der Waals surface area contributed by atoms with Gasteiger partial charge in [-0.25, -0.2) is 4.79 Å². The van der Waals surface area contributed by atoms with E-state index in [1.54, 1.807) is 43.3 Å². The number of carbonyl (C=O) groups excluding carboxylic acids is 2. The summed E-state index contributed by atoms with van der Waals surface area (Å²) in [6.07, 6.45) is 1.71. The molecule has 0 spiro atoms. The normalized spacial score (nSPS) is 13.9. The fourth-order valence-corrected chi connectivity index (χ4v) is 3.35. The molecule has 0 fully saturated rings. The third-order valence-electron chi connectivity index (χ3n) is 4.64. The molecule has 0 unspecified atom stereocenters. The monoisotopic (exact) mass is 404 g/mol. The summed E-state index contributed by atoms with van der Waals surface area (Å²) in [5.41, 5.74) is 3.34. The van der Waals surface area contributed by atoms with E-state index >= 15 is 0 Å². The molecule has 1 heterocycles. The second-order valence-electron chi connectivity index (χ2n) is 6.82. The van der Waals surface area contributed by atoms with Crippen LogP contribution in [0.15, 0.2) is 66.4 Å². The Bertz CT molecular complexity index is 1180. The number of Topliss-reactive ketones (excluding diaryl/α,β-unsaturated/α-hetero) is 1.